The zero-order valence-electron chi connectivity index (χ0n) is 19.1. The summed E-state index contributed by atoms with van der Waals surface area (Å²) in [5.74, 6) is 0.729. The lowest BCUT2D eigenvalue weighted by Gasteiger charge is -2.36. The highest BCUT2D eigenvalue weighted by atomic mass is 16.5. The van der Waals surface area contributed by atoms with Gasteiger partial charge in [0.1, 0.15) is 11.6 Å². The molecule has 2 heterocycles. The van der Waals surface area contributed by atoms with Crippen LogP contribution in [-0.2, 0) is 20.9 Å². The fourth-order valence-corrected chi connectivity index (χ4v) is 3.62. The van der Waals surface area contributed by atoms with E-state index < -0.39 is 0 Å². The topological polar surface area (TPSA) is 101 Å². The van der Waals surface area contributed by atoms with Crippen LogP contribution in [0.1, 0.15) is 35.7 Å². The maximum absolute atomic E-state index is 12.9. The highest BCUT2D eigenvalue weighted by Crippen LogP contribution is 2.20. The summed E-state index contributed by atoms with van der Waals surface area (Å²) in [7, 11) is 1.61. The summed E-state index contributed by atoms with van der Waals surface area (Å²) in [4.78, 5) is 44.9. The molecular formula is C24H30N4O5. The summed E-state index contributed by atoms with van der Waals surface area (Å²) in [6.07, 6.45) is 1.89. The van der Waals surface area contributed by atoms with Crippen LogP contribution in [0.3, 0.4) is 0 Å². The number of hydrogen-bond donors (Lipinski definition) is 1. The van der Waals surface area contributed by atoms with E-state index in [0.717, 1.165) is 11.3 Å². The first-order chi connectivity index (χ1) is 16.0. The Morgan fingerprint density at radius 2 is 1.76 bits per heavy atom. The van der Waals surface area contributed by atoms with Gasteiger partial charge < -0.3 is 24.6 Å². The van der Waals surface area contributed by atoms with Crippen molar-refractivity contribution in [3.8, 4) is 5.75 Å². The van der Waals surface area contributed by atoms with Crippen LogP contribution in [0.15, 0.2) is 42.6 Å². The van der Waals surface area contributed by atoms with Gasteiger partial charge >= 0.3 is 5.97 Å². The van der Waals surface area contributed by atoms with Crippen molar-refractivity contribution in [2.45, 2.75) is 26.3 Å². The summed E-state index contributed by atoms with van der Waals surface area (Å²) >= 11 is 0. The van der Waals surface area contributed by atoms with E-state index >= 15 is 0 Å². The number of piperazine rings is 1. The molecule has 1 N–H and O–H groups in total. The van der Waals surface area contributed by atoms with Crippen LogP contribution >= 0.6 is 0 Å². The number of rotatable bonds is 9. The molecule has 1 aromatic heterocycles. The molecule has 0 aliphatic carbocycles. The number of methoxy groups -OCH3 is 1. The van der Waals surface area contributed by atoms with Crippen molar-refractivity contribution >= 4 is 23.6 Å². The maximum atomic E-state index is 12.9. The van der Waals surface area contributed by atoms with E-state index in [1.807, 2.05) is 29.2 Å². The van der Waals surface area contributed by atoms with Crippen LogP contribution in [0.2, 0.25) is 0 Å². The van der Waals surface area contributed by atoms with Crippen LogP contribution in [0.5, 0.6) is 5.75 Å². The van der Waals surface area contributed by atoms with Gasteiger partial charge in [0, 0.05) is 45.3 Å². The van der Waals surface area contributed by atoms with Crippen LogP contribution in [-0.4, -0.2) is 67.6 Å². The number of ether oxygens (including phenoxy) is 2. The molecule has 0 bridgehead atoms. The summed E-state index contributed by atoms with van der Waals surface area (Å²) in [6.45, 7) is 4.56. The molecule has 1 aliphatic rings. The highest BCUT2D eigenvalue weighted by Gasteiger charge is 2.25. The van der Waals surface area contributed by atoms with Gasteiger partial charge in [-0.15, -0.1) is 0 Å². The molecular weight excluding hydrogens is 424 g/mol. The number of nitrogens with one attached hydrogen (secondary N) is 1. The number of nitrogens with zero attached hydrogens (tertiary/aromatic N) is 3. The zero-order valence-corrected chi connectivity index (χ0v) is 19.1. The predicted octanol–water partition coefficient (Wildman–Crippen LogP) is 2.01. The molecule has 0 spiro atoms. The lowest BCUT2D eigenvalue weighted by atomic mass is 10.1. The van der Waals surface area contributed by atoms with E-state index in [4.69, 9.17) is 9.47 Å². The Morgan fingerprint density at radius 1 is 1.03 bits per heavy atom. The first-order valence-corrected chi connectivity index (χ1v) is 11.1. The fraction of sp³-hybridized carbons (Fsp3) is 0.417. The summed E-state index contributed by atoms with van der Waals surface area (Å²) in [5, 5.41) is 2.94. The lowest BCUT2D eigenvalue weighted by molar-refractivity contribution is -0.145. The molecule has 2 aromatic rings. The number of carbonyl (C=O) groups excluding carboxylic acids is 3. The van der Waals surface area contributed by atoms with Crippen LogP contribution < -0.4 is 15.0 Å². The molecule has 1 aromatic carbocycles. The van der Waals surface area contributed by atoms with Crippen molar-refractivity contribution in [2.24, 2.45) is 0 Å². The largest absolute Gasteiger partial charge is 0.497 e. The monoisotopic (exact) mass is 454 g/mol. The Morgan fingerprint density at radius 3 is 2.42 bits per heavy atom. The molecule has 9 heteroatoms. The summed E-state index contributed by atoms with van der Waals surface area (Å²) in [6, 6.07) is 11.0. The second kappa shape index (κ2) is 11.8. The minimum absolute atomic E-state index is 0.0683. The smallest absolute Gasteiger partial charge is 0.306 e. The Labute approximate surface area is 193 Å². The molecule has 1 saturated heterocycles. The number of carbonyl (C=O) groups is 3. The van der Waals surface area contributed by atoms with Crippen molar-refractivity contribution in [2.75, 3.05) is 44.8 Å². The maximum Gasteiger partial charge on any atom is 0.306 e. The third-order valence-electron chi connectivity index (χ3n) is 5.42. The Hall–Kier alpha value is -3.62. The minimum Gasteiger partial charge on any atom is -0.497 e. The van der Waals surface area contributed by atoms with E-state index in [0.29, 0.717) is 50.7 Å². The van der Waals surface area contributed by atoms with Crippen LogP contribution in [0.4, 0.5) is 5.82 Å². The summed E-state index contributed by atoms with van der Waals surface area (Å²) < 4.78 is 10.0. The second-order valence-electron chi connectivity index (χ2n) is 7.58. The van der Waals surface area contributed by atoms with Crippen molar-refractivity contribution < 1.29 is 23.9 Å². The highest BCUT2D eigenvalue weighted by molar-refractivity contribution is 5.98. The second-order valence-corrected chi connectivity index (χ2v) is 7.58. The minimum atomic E-state index is -0.358. The van der Waals surface area contributed by atoms with Crippen molar-refractivity contribution in [1.82, 2.24) is 15.2 Å². The first-order valence-electron chi connectivity index (χ1n) is 11.1. The van der Waals surface area contributed by atoms with Gasteiger partial charge in [-0.05, 0) is 36.8 Å². The van der Waals surface area contributed by atoms with Crippen LogP contribution in [0.25, 0.3) is 0 Å². The molecule has 3 rings (SSSR count). The molecule has 2 amide bonds. The van der Waals surface area contributed by atoms with E-state index in [2.05, 4.69) is 10.3 Å². The van der Waals surface area contributed by atoms with Gasteiger partial charge in [0.15, 0.2) is 0 Å². The number of esters is 1. The molecule has 1 aliphatic heterocycles. The van der Waals surface area contributed by atoms with E-state index in [9.17, 15) is 14.4 Å². The molecule has 0 unspecified atom stereocenters. The van der Waals surface area contributed by atoms with Gasteiger partial charge in [0.05, 0.1) is 25.7 Å². The average Bonchev–Trinajstić information content (AvgIpc) is 2.86. The first kappa shape index (κ1) is 24.0. The molecule has 1 fully saturated rings. The molecule has 0 radical (unpaired) electrons. The number of anilines is 1. The number of hydrogen-bond acceptors (Lipinski definition) is 7. The van der Waals surface area contributed by atoms with Gasteiger partial charge in [0.2, 0.25) is 5.91 Å². The zero-order chi connectivity index (χ0) is 23.6. The van der Waals surface area contributed by atoms with Gasteiger partial charge in [-0.3, -0.25) is 14.4 Å². The summed E-state index contributed by atoms with van der Waals surface area (Å²) in [5.41, 5.74) is 1.46. The Balaban J connectivity index is 1.55. The standard InChI is InChI=1S/C24H30N4O5/c1-3-33-22(30)11-10-21(29)27-13-15-28(16-14-27)23-20(5-4-12-25-23)24(31)26-17-18-6-8-19(32-2)9-7-18/h4-9,12H,3,10-11,13-17H2,1-2H3,(H,26,31). The fourth-order valence-electron chi connectivity index (χ4n) is 3.62. The Bertz CT molecular complexity index is 956. The van der Waals surface area contributed by atoms with Gasteiger partial charge in [0.25, 0.3) is 5.91 Å². The van der Waals surface area contributed by atoms with Crippen molar-refractivity contribution in [3.63, 3.8) is 0 Å². The quantitative estimate of drug-likeness (QED) is 0.579. The molecule has 0 atom stereocenters. The molecule has 176 valence electrons. The van der Waals surface area contributed by atoms with Crippen molar-refractivity contribution in [3.05, 3.63) is 53.7 Å². The Kier molecular flexibility index (Phi) is 8.63. The lowest BCUT2D eigenvalue weighted by Crippen LogP contribution is -2.49. The average molecular weight is 455 g/mol. The number of pyridine rings is 1. The van der Waals surface area contributed by atoms with Crippen molar-refractivity contribution in [1.29, 1.82) is 0 Å². The SMILES string of the molecule is CCOC(=O)CCC(=O)N1CCN(c2ncccc2C(=O)NCc2ccc(OC)cc2)CC1. The normalized spacial score (nSPS) is 13.4. The predicted molar refractivity (Wildman–Crippen MR) is 123 cm³/mol. The molecule has 0 saturated carbocycles. The van der Waals surface area contributed by atoms with Gasteiger partial charge in [-0.25, -0.2) is 4.98 Å². The third-order valence-corrected chi connectivity index (χ3v) is 5.42. The van der Waals surface area contributed by atoms with Gasteiger partial charge in [-0.1, -0.05) is 12.1 Å². The van der Waals surface area contributed by atoms with E-state index in [1.54, 1.807) is 37.3 Å². The van der Waals surface area contributed by atoms with E-state index in [1.165, 1.54) is 0 Å². The molecule has 9 nitrogen and oxygen atoms in total. The molecule has 33 heavy (non-hydrogen) atoms. The van der Waals surface area contributed by atoms with Crippen LogP contribution in [0, 0.1) is 0 Å². The number of aromatic nitrogens is 1. The third kappa shape index (κ3) is 6.68. The number of benzene rings is 1. The number of amides is 2. The van der Waals surface area contributed by atoms with E-state index in [-0.39, 0.29) is 30.6 Å². The van der Waals surface area contributed by atoms with Gasteiger partial charge in [-0.2, -0.15) is 0 Å².